The molecule has 0 aliphatic carbocycles. The van der Waals surface area contributed by atoms with Crippen molar-refractivity contribution in [1.29, 1.82) is 0 Å². The van der Waals surface area contributed by atoms with E-state index >= 15 is 0 Å². The van der Waals surface area contributed by atoms with E-state index in [-0.39, 0.29) is 18.8 Å². The van der Waals surface area contributed by atoms with E-state index in [1.165, 1.54) is 18.2 Å². The van der Waals surface area contributed by atoms with E-state index in [1.54, 1.807) is 0 Å². The Morgan fingerprint density at radius 2 is 2.15 bits per heavy atom. The van der Waals surface area contributed by atoms with Crippen molar-refractivity contribution in [3.05, 3.63) is 33.9 Å². The minimum Gasteiger partial charge on any atom is -0.477 e. The van der Waals surface area contributed by atoms with Crippen LogP contribution in [0.15, 0.2) is 18.2 Å². The number of carboxylic acid groups (broad SMARTS) is 1. The summed E-state index contributed by atoms with van der Waals surface area (Å²) < 4.78 is 5.06. The molecule has 3 N–H and O–H groups in total. The topological polar surface area (TPSA) is 122 Å². The van der Waals surface area contributed by atoms with Crippen LogP contribution in [0.3, 0.4) is 0 Å². The third-order valence-electron chi connectivity index (χ3n) is 2.46. The number of benzene rings is 1. The number of anilines is 1. The Morgan fingerprint density at radius 1 is 1.40 bits per heavy atom. The van der Waals surface area contributed by atoms with Gasteiger partial charge in [0.25, 0.3) is 5.69 Å². The van der Waals surface area contributed by atoms with E-state index in [0.717, 1.165) is 0 Å². The van der Waals surface area contributed by atoms with Crippen LogP contribution in [0.5, 0.6) is 0 Å². The van der Waals surface area contributed by atoms with Crippen LogP contribution in [-0.2, 0) is 4.74 Å². The normalized spacial score (nSPS) is 10.2. The minimum atomic E-state index is -1.33. The number of rotatable bonds is 9. The summed E-state index contributed by atoms with van der Waals surface area (Å²) in [4.78, 5) is 20.9. The van der Waals surface area contributed by atoms with E-state index in [2.05, 4.69) is 5.32 Å². The van der Waals surface area contributed by atoms with Crippen LogP contribution in [0.25, 0.3) is 0 Å². The first-order valence-electron chi connectivity index (χ1n) is 6.00. The van der Waals surface area contributed by atoms with Crippen LogP contribution in [0.2, 0.25) is 0 Å². The fourth-order valence-electron chi connectivity index (χ4n) is 1.55. The number of nitrogens with zero attached hydrogens (tertiary/aromatic N) is 1. The first kappa shape index (κ1) is 15.9. The van der Waals surface area contributed by atoms with E-state index in [9.17, 15) is 14.9 Å². The van der Waals surface area contributed by atoms with Gasteiger partial charge in [-0.05, 0) is 18.6 Å². The summed E-state index contributed by atoms with van der Waals surface area (Å²) in [6.45, 7) is 1.23. The van der Waals surface area contributed by atoms with Crippen LogP contribution in [-0.4, -0.2) is 47.5 Å². The Balaban J connectivity index is 2.57. The average molecular weight is 284 g/mol. The lowest BCUT2D eigenvalue weighted by Crippen LogP contribution is -2.08. The number of hydrogen-bond acceptors (Lipinski definition) is 6. The standard InChI is InChI=1S/C12H16N2O6/c15-5-7-20-6-1-4-13-9-2-3-10(12(16)17)11(8-9)14(18)19/h2-3,8,13,15H,1,4-7H2,(H,16,17). The van der Waals surface area contributed by atoms with Gasteiger partial charge in [0.05, 0.1) is 18.1 Å². The Labute approximate surface area is 115 Å². The number of nitro groups is 1. The third kappa shape index (κ3) is 4.82. The van der Waals surface area contributed by atoms with Gasteiger partial charge in [-0.15, -0.1) is 0 Å². The molecule has 0 bridgehead atoms. The first-order chi connectivity index (χ1) is 9.56. The van der Waals surface area contributed by atoms with E-state index in [4.69, 9.17) is 14.9 Å². The van der Waals surface area contributed by atoms with Gasteiger partial charge in [0.1, 0.15) is 5.56 Å². The summed E-state index contributed by atoms with van der Waals surface area (Å²) >= 11 is 0. The molecule has 8 heteroatoms. The summed E-state index contributed by atoms with van der Waals surface area (Å²) in [5.41, 5.74) is -0.310. The SMILES string of the molecule is O=C(O)c1ccc(NCCCOCCO)cc1[N+](=O)[O-]. The highest BCUT2D eigenvalue weighted by Gasteiger charge is 2.19. The maximum atomic E-state index is 10.8. The molecule has 0 aliphatic rings. The Hall–Kier alpha value is -2.19. The van der Waals surface area contributed by atoms with E-state index in [1.807, 2.05) is 0 Å². The minimum absolute atomic E-state index is 0.0315. The lowest BCUT2D eigenvalue weighted by atomic mass is 10.1. The molecule has 0 heterocycles. The first-order valence-corrected chi connectivity index (χ1v) is 6.00. The molecule has 110 valence electrons. The van der Waals surface area contributed by atoms with Gasteiger partial charge in [0.15, 0.2) is 0 Å². The van der Waals surface area contributed by atoms with Gasteiger partial charge in [-0.2, -0.15) is 0 Å². The number of ether oxygens (including phenoxy) is 1. The van der Waals surface area contributed by atoms with Gasteiger partial charge in [-0.3, -0.25) is 10.1 Å². The van der Waals surface area contributed by atoms with Crippen molar-refractivity contribution in [3.63, 3.8) is 0 Å². The van der Waals surface area contributed by atoms with Crippen molar-refractivity contribution in [2.75, 3.05) is 31.7 Å². The Bertz CT molecular complexity index is 477. The van der Waals surface area contributed by atoms with Gasteiger partial charge in [-0.25, -0.2) is 4.79 Å². The Kier molecular flexibility index (Phi) is 6.41. The molecular weight excluding hydrogens is 268 g/mol. The summed E-state index contributed by atoms with van der Waals surface area (Å²) in [6.07, 6.45) is 0.661. The number of aliphatic hydroxyl groups is 1. The van der Waals surface area contributed by atoms with Crippen LogP contribution in [0.4, 0.5) is 11.4 Å². The maximum absolute atomic E-state index is 10.8. The highest BCUT2D eigenvalue weighted by Crippen LogP contribution is 2.23. The lowest BCUT2D eigenvalue weighted by Gasteiger charge is -2.07. The molecule has 0 fully saturated rings. The summed E-state index contributed by atoms with van der Waals surface area (Å²) in [7, 11) is 0. The zero-order valence-corrected chi connectivity index (χ0v) is 10.7. The van der Waals surface area contributed by atoms with Crippen molar-refractivity contribution in [3.8, 4) is 0 Å². The molecule has 0 saturated carbocycles. The quantitative estimate of drug-likeness (QED) is 0.352. The zero-order valence-electron chi connectivity index (χ0n) is 10.7. The molecule has 8 nitrogen and oxygen atoms in total. The summed E-state index contributed by atoms with van der Waals surface area (Å²) in [5.74, 6) is -1.33. The molecule has 0 aliphatic heterocycles. The maximum Gasteiger partial charge on any atom is 0.342 e. The number of nitro benzene ring substituents is 1. The van der Waals surface area contributed by atoms with Gasteiger partial charge in [0.2, 0.25) is 0 Å². The van der Waals surface area contributed by atoms with Gasteiger partial charge < -0.3 is 20.3 Å². The lowest BCUT2D eigenvalue weighted by molar-refractivity contribution is -0.385. The second kappa shape index (κ2) is 8.08. The predicted molar refractivity (Wildman–Crippen MR) is 71.1 cm³/mol. The highest BCUT2D eigenvalue weighted by atomic mass is 16.6. The largest absolute Gasteiger partial charge is 0.477 e. The number of aliphatic hydroxyl groups excluding tert-OH is 1. The van der Waals surface area contributed by atoms with Gasteiger partial charge in [-0.1, -0.05) is 0 Å². The van der Waals surface area contributed by atoms with E-state index < -0.39 is 16.6 Å². The fraction of sp³-hybridized carbons (Fsp3) is 0.417. The molecule has 0 saturated heterocycles. The fourth-order valence-corrected chi connectivity index (χ4v) is 1.55. The molecule has 0 aromatic heterocycles. The monoisotopic (exact) mass is 284 g/mol. The predicted octanol–water partition coefficient (Wildman–Crippen LogP) is 1.10. The van der Waals surface area contributed by atoms with Crippen molar-refractivity contribution in [2.45, 2.75) is 6.42 Å². The van der Waals surface area contributed by atoms with E-state index in [0.29, 0.717) is 25.3 Å². The number of hydrogen-bond donors (Lipinski definition) is 3. The molecule has 1 rings (SSSR count). The molecule has 0 atom stereocenters. The van der Waals surface area contributed by atoms with Crippen molar-refractivity contribution in [2.24, 2.45) is 0 Å². The molecule has 0 unspecified atom stereocenters. The number of aromatic carboxylic acids is 1. The smallest absolute Gasteiger partial charge is 0.342 e. The third-order valence-corrected chi connectivity index (χ3v) is 2.46. The molecule has 20 heavy (non-hydrogen) atoms. The summed E-state index contributed by atoms with van der Waals surface area (Å²) in [6, 6.07) is 3.87. The van der Waals surface area contributed by atoms with Crippen LogP contribution in [0, 0.1) is 10.1 Å². The Morgan fingerprint density at radius 3 is 2.75 bits per heavy atom. The molecule has 1 aromatic carbocycles. The molecule has 0 spiro atoms. The molecule has 0 radical (unpaired) electrons. The van der Waals surface area contributed by atoms with Crippen molar-refractivity contribution >= 4 is 17.3 Å². The van der Waals surface area contributed by atoms with Gasteiger partial charge in [0, 0.05) is 24.9 Å². The number of carboxylic acids is 1. The van der Waals surface area contributed by atoms with Gasteiger partial charge >= 0.3 is 5.97 Å². The highest BCUT2D eigenvalue weighted by molar-refractivity contribution is 5.93. The molecule has 0 amide bonds. The summed E-state index contributed by atoms with van der Waals surface area (Å²) in [5, 5.41) is 31.1. The van der Waals surface area contributed by atoms with Crippen molar-refractivity contribution < 1.29 is 24.7 Å². The van der Waals surface area contributed by atoms with Crippen LogP contribution >= 0.6 is 0 Å². The molecular formula is C12H16N2O6. The zero-order chi connectivity index (χ0) is 15.0. The average Bonchev–Trinajstić information content (AvgIpc) is 2.42. The number of nitrogens with one attached hydrogen (secondary N) is 1. The number of carbonyl (C=O) groups is 1. The molecule has 1 aromatic rings. The van der Waals surface area contributed by atoms with Crippen LogP contribution < -0.4 is 5.32 Å². The van der Waals surface area contributed by atoms with Crippen molar-refractivity contribution in [1.82, 2.24) is 0 Å². The second-order valence-corrected chi connectivity index (χ2v) is 3.91. The van der Waals surface area contributed by atoms with Crippen LogP contribution in [0.1, 0.15) is 16.8 Å². The second-order valence-electron chi connectivity index (χ2n) is 3.91.